The number of aliphatic carboxylic acids is 1. The van der Waals surface area contributed by atoms with Crippen LogP contribution in [0.25, 0.3) is 0 Å². The van der Waals surface area contributed by atoms with Gasteiger partial charge in [-0.05, 0) is 17.7 Å². The van der Waals surface area contributed by atoms with E-state index < -0.39 is 18.1 Å². The quantitative estimate of drug-likeness (QED) is 0.767. The molecule has 0 bridgehead atoms. The highest BCUT2D eigenvalue weighted by Gasteiger charge is 2.38. The standard InChI is InChI=1S/C15H19NO4S/c17-12-8-13(15(19)20)16(9-12)14(18)10-21-7-6-11-4-2-1-3-5-11/h1-5,12-13,17H,6-10H2,(H,19,20)/t12-,13-/m1/s1. The number of likely N-dealkylation sites (tertiary alicyclic amines) is 1. The number of aliphatic hydroxyl groups excluding tert-OH is 1. The number of amides is 1. The van der Waals surface area contributed by atoms with Gasteiger partial charge in [-0.15, -0.1) is 0 Å². The largest absolute Gasteiger partial charge is 0.480 e. The van der Waals surface area contributed by atoms with E-state index in [4.69, 9.17) is 5.11 Å². The van der Waals surface area contributed by atoms with Crippen LogP contribution >= 0.6 is 11.8 Å². The maximum absolute atomic E-state index is 12.0. The third kappa shape index (κ3) is 4.47. The number of β-amino-alcohol motifs (C(OH)–C–C–N with tert-alkyl or cyclic N) is 1. The van der Waals surface area contributed by atoms with Gasteiger partial charge in [0.05, 0.1) is 11.9 Å². The van der Waals surface area contributed by atoms with Gasteiger partial charge in [0.2, 0.25) is 5.91 Å². The number of carbonyl (C=O) groups excluding carboxylic acids is 1. The number of hydrogen-bond acceptors (Lipinski definition) is 4. The molecule has 2 N–H and O–H groups in total. The third-order valence-corrected chi connectivity index (χ3v) is 4.43. The first-order valence-electron chi connectivity index (χ1n) is 6.90. The molecule has 2 rings (SSSR count). The molecule has 5 nitrogen and oxygen atoms in total. The van der Waals surface area contributed by atoms with Crippen molar-refractivity contribution in [2.24, 2.45) is 0 Å². The van der Waals surface area contributed by atoms with E-state index >= 15 is 0 Å². The number of carboxylic acid groups (broad SMARTS) is 1. The second-order valence-electron chi connectivity index (χ2n) is 5.08. The van der Waals surface area contributed by atoms with Crippen LogP contribution in [-0.4, -0.2) is 57.2 Å². The summed E-state index contributed by atoms with van der Waals surface area (Å²) in [5, 5.41) is 18.6. The molecular formula is C15H19NO4S. The van der Waals surface area contributed by atoms with Gasteiger partial charge in [0.1, 0.15) is 6.04 Å². The minimum Gasteiger partial charge on any atom is -0.480 e. The van der Waals surface area contributed by atoms with Gasteiger partial charge in [-0.1, -0.05) is 30.3 Å². The Morgan fingerprint density at radius 3 is 2.67 bits per heavy atom. The molecular weight excluding hydrogens is 290 g/mol. The van der Waals surface area contributed by atoms with Gasteiger partial charge < -0.3 is 15.1 Å². The summed E-state index contributed by atoms with van der Waals surface area (Å²) in [5.41, 5.74) is 1.22. The predicted molar refractivity (Wildman–Crippen MR) is 81.2 cm³/mol. The van der Waals surface area contributed by atoms with Gasteiger partial charge in [0.25, 0.3) is 0 Å². The summed E-state index contributed by atoms with van der Waals surface area (Å²) >= 11 is 1.49. The number of benzene rings is 1. The van der Waals surface area contributed by atoms with Crippen LogP contribution in [0.1, 0.15) is 12.0 Å². The SMILES string of the molecule is O=C(O)[C@H]1C[C@@H](O)CN1C(=O)CSCCc1ccccc1. The smallest absolute Gasteiger partial charge is 0.326 e. The Labute approximate surface area is 128 Å². The number of carboxylic acids is 1. The van der Waals surface area contributed by atoms with Gasteiger partial charge in [-0.25, -0.2) is 4.79 Å². The average Bonchev–Trinajstić information content (AvgIpc) is 2.87. The fourth-order valence-electron chi connectivity index (χ4n) is 2.40. The van der Waals surface area contributed by atoms with Crippen LogP contribution in [-0.2, 0) is 16.0 Å². The van der Waals surface area contributed by atoms with Crippen LogP contribution in [0.15, 0.2) is 30.3 Å². The zero-order valence-corrected chi connectivity index (χ0v) is 12.5. The zero-order chi connectivity index (χ0) is 15.2. The van der Waals surface area contributed by atoms with Crippen molar-refractivity contribution in [3.8, 4) is 0 Å². The fourth-order valence-corrected chi connectivity index (χ4v) is 3.27. The summed E-state index contributed by atoms with van der Waals surface area (Å²) in [6.45, 7) is 0.120. The van der Waals surface area contributed by atoms with E-state index in [1.165, 1.54) is 22.2 Å². The first-order chi connectivity index (χ1) is 10.1. The minimum absolute atomic E-state index is 0.120. The van der Waals surface area contributed by atoms with Crippen LogP contribution in [0.4, 0.5) is 0 Å². The van der Waals surface area contributed by atoms with Crippen LogP contribution in [0, 0.1) is 0 Å². The lowest BCUT2D eigenvalue weighted by atomic mass is 10.2. The van der Waals surface area contributed by atoms with Gasteiger partial charge in [-0.3, -0.25) is 4.79 Å². The monoisotopic (exact) mass is 309 g/mol. The van der Waals surface area contributed by atoms with E-state index in [0.29, 0.717) is 0 Å². The number of rotatable bonds is 6. The average molecular weight is 309 g/mol. The lowest BCUT2D eigenvalue weighted by molar-refractivity contribution is -0.147. The Morgan fingerprint density at radius 2 is 2.00 bits per heavy atom. The molecule has 0 aromatic heterocycles. The van der Waals surface area contributed by atoms with Crippen molar-refractivity contribution in [1.82, 2.24) is 4.90 Å². The van der Waals surface area contributed by atoms with E-state index in [1.54, 1.807) is 0 Å². The number of hydrogen-bond donors (Lipinski definition) is 2. The van der Waals surface area contributed by atoms with E-state index in [2.05, 4.69) is 0 Å². The molecule has 1 aliphatic heterocycles. The number of aryl methyl sites for hydroxylation is 1. The maximum Gasteiger partial charge on any atom is 0.326 e. The molecule has 0 unspecified atom stereocenters. The van der Waals surface area contributed by atoms with Crippen LogP contribution < -0.4 is 0 Å². The van der Waals surface area contributed by atoms with Crippen molar-refractivity contribution in [1.29, 1.82) is 0 Å². The third-order valence-electron chi connectivity index (χ3n) is 3.49. The van der Waals surface area contributed by atoms with Crippen LogP contribution in [0.2, 0.25) is 0 Å². The Balaban J connectivity index is 1.75. The van der Waals surface area contributed by atoms with Crippen molar-refractivity contribution in [2.75, 3.05) is 18.1 Å². The highest BCUT2D eigenvalue weighted by molar-refractivity contribution is 7.99. The molecule has 1 amide bonds. The second kappa shape index (κ2) is 7.47. The molecule has 1 heterocycles. The fraction of sp³-hybridized carbons (Fsp3) is 0.467. The van der Waals surface area contributed by atoms with E-state index in [0.717, 1.165) is 12.2 Å². The molecule has 1 aromatic carbocycles. The second-order valence-corrected chi connectivity index (χ2v) is 6.18. The molecule has 114 valence electrons. The topological polar surface area (TPSA) is 77.8 Å². The summed E-state index contributed by atoms with van der Waals surface area (Å²) in [4.78, 5) is 24.4. The summed E-state index contributed by atoms with van der Waals surface area (Å²) in [7, 11) is 0. The first kappa shape index (κ1) is 15.9. The summed E-state index contributed by atoms with van der Waals surface area (Å²) in [5.74, 6) is -0.195. The van der Waals surface area contributed by atoms with E-state index in [1.807, 2.05) is 30.3 Å². The molecule has 0 radical (unpaired) electrons. The Morgan fingerprint density at radius 1 is 1.29 bits per heavy atom. The van der Waals surface area contributed by atoms with Gasteiger partial charge in [-0.2, -0.15) is 11.8 Å². The van der Waals surface area contributed by atoms with Gasteiger partial charge in [0, 0.05) is 13.0 Å². The predicted octanol–water partition coefficient (Wildman–Crippen LogP) is 1.01. The number of nitrogens with zero attached hydrogens (tertiary/aromatic N) is 1. The van der Waals surface area contributed by atoms with Crippen molar-refractivity contribution in [3.63, 3.8) is 0 Å². The van der Waals surface area contributed by atoms with E-state index in [-0.39, 0.29) is 24.6 Å². The van der Waals surface area contributed by atoms with Crippen molar-refractivity contribution < 1.29 is 19.8 Å². The number of carbonyl (C=O) groups is 2. The van der Waals surface area contributed by atoms with Gasteiger partial charge in [0.15, 0.2) is 0 Å². The zero-order valence-electron chi connectivity index (χ0n) is 11.6. The molecule has 0 saturated carbocycles. The molecule has 6 heteroatoms. The maximum atomic E-state index is 12.0. The van der Waals surface area contributed by atoms with Crippen LogP contribution in [0.3, 0.4) is 0 Å². The first-order valence-corrected chi connectivity index (χ1v) is 8.05. The highest BCUT2D eigenvalue weighted by atomic mass is 32.2. The highest BCUT2D eigenvalue weighted by Crippen LogP contribution is 2.19. The summed E-state index contributed by atoms with van der Waals surface area (Å²) < 4.78 is 0. The summed E-state index contributed by atoms with van der Waals surface area (Å²) in [6, 6.07) is 9.12. The normalized spacial score (nSPS) is 21.5. The molecule has 0 aliphatic carbocycles. The molecule has 2 atom stereocenters. The Hall–Kier alpha value is -1.53. The van der Waals surface area contributed by atoms with Crippen molar-refractivity contribution in [2.45, 2.75) is 25.0 Å². The number of aliphatic hydroxyl groups is 1. The molecule has 1 saturated heterocycles. The molecule has 1 aromatic rings. The Kier molecular flexibility index (Phi) is 5.64. The minimum atomic E-state index is -1.05. The molecule has 1 fully saturated rings. The van der Waals surface area contributed by atoms with Crippen molar-refractivity contribution in [3.05, 3.63) is 35.9 Å². The Bertz CT molecular complexity index is 494. The lowest BCUT2D eigenvalue weighted by Gasteiger charge is -2.20. The molecule has 0 spiro atoms. The van der Waals surface area contributed by atoms with Crippen LogP contribution in [0.5, 0.6) is 0 Å². The van der Waals surface area contributed by atoms with E-state index in [9.17, 15) is 14.7 Å². The number of thioether (sulfide) groups is 1. The molecule has 21 heavy (non-hydrogen) atoms. The molecule has 1 aliphatic rings. The van der Waals surface area contributed by atoms with Crippen molar-refractivity contribution >= 4 is 23.6 Å². The lowest BCUT2D eigenvalue weighted by Crippen LogP contribution is -2.41. The summed E-state index contributed by atoms with van der Waals surface area (Å²) in [6.07, 6.45) is 0.267. The van der Waals surface area contributed by atoms with Gasteiger partial charge >= 0.3 is 5.97 Å².